The average Bonchev–Trinajstić information content (AvgIpc) is 2.70. The second-order valence-corrected chi connectivity index (χ2v) is 9.92. The number of alkyl carbamates (subject to hydrolysis) is 1. The topological polar surface area (TPSA) is 108 Å². The molecule has 34 heavy (non-hydrogen) atoms. The van der Waals surface area contributed by atoms with E-state index in [0.717, 1.165) is 0 Å². The molecule has 0 aromatic heterocycles. The molecule has 8 heteroatoms. The largest absolute Gasteiger partial charge is 0.444 e. The Labute approximate surface area is 203 Å². The van der Waals surface area contributed by atoms with Crippen molar-refractivity contribution in [3.8, 4) is 12.3 Å². The molecule has 0 bridgehead atoms. The van der Waals surface area contributed by atoms with E-state index in [1.165, 1.54) is 4.90 Å². The number of terminal acetylenes is 1. The number of hydrogen-bond acceptors (Lipinski definition) is 5. The average molecular weight is 474 g/mol. The van der Waals surface area contributed by atoms with E-state index in [9.17, 15) is 19.5 Å². The number of rotatable bonds is 10. The first-order valence-electron chi connectivity index (χ1n) is 11.6. The number of carbonyl (C=O) groups excluding carboxylic acids is 3. The Balaban J connectivity index is 3.42. The van der Waals surface area contributed by atoms with Gasteiger partial charge in [0.2, 0.25) is 11.8 Å². The van der Waals surface area contributed by atoms with Crippen molar-refractivity contribution in [2.75, 3.05) is 13.2 Å². The molecule has 8 nitrogen and oxygen atoms in total. The SMILES string of the molecule is C#Cc1ccc(C(C(=O)NC(C)C)N(CCO)C(=O)C(CC(C)C)NC(=O)OC(C)(C)C)cc1. The molecular weight excluding hydrogens is 434 g/mol. The van der Waals surface area contributed by atoms with Gasteiger partial charge in [0.05, 0.1) is 6.61 Å². The van der Waals surface area contributed by atoms with E-state index in [-0.39, 0.29) is 25.1 Å². The minimum absolute atomic E-state index is 0.0673. The monoisotopic (exact) mass is 473 g/mol. The molecule has 0 saturated heterocycles. The second kappa shape index (κ2) is 13.0. The molecule has 0 aliphatic heterocycles. The molecule has 0 saturated carbocycles. The molecule has 0 radical (unpaired) electrons. The fourth-order valence-corrected chi connectivity index (χ4v) is 3.42. The summed E-state index contributed by atoms with van der Waals surface area (Å²) in [5, 5.41) is 15.3. The number of aliphatic hydroxyl groups is 1. The molecule has 3 amide bonds. The zero-order chi connectivity index (χ0) is 26.1. The van der Waals surface area contributed by atoms with Crippen molar-refractivity contribution in [1.82, 2.24) is 15.5 Å². The molecule has 0 fully saturated rings. The summed E-state index contributed by atoms with van der Waals surface area (Å²) in [5.74, 6) is 1.71. The number of benzene rings is 1. The van der Waals surface area contributed by atoms with Crippen molar-refractivity contribution in [1.29, 1.82) is 0 Å². The predicted octanol–water partition coefficient (Wildman–Crippen LogP) is 2.99. The number of hydrogen-bond donors (Lipinski definition) is 3. The Hall–Kier alpha value is -3.05. The highest BCUT2D eigenvalue weighted by Gasteiger charge is 2.36. The van der Waals surface area contributed by atoms with Crippen molar-refractivity contribution in [3.63, 3.8) is 0 Å². The van der Waals surface area contributed by atoms with Crippen LogP contribution in [0.3, 0.4) is 0 Å². The fraction of sp³-hybridized carbons (Fsp3) is 0.577. The molecule has 1 aromatic rings. The van der Waals surface area contributed by atoms with Gasteiger partial charge in [-0.3, -0.25) is 9.59 Å². The summed E-state index contributed by atoms with van der Waals surface area (Å²) in [5.41, 5.74) is 0.439. The number of aliphatic hydroxyl groups excluding tert-OH is 1. The minimum atomic E-state index is -1.02. The Morgan fingerprint density at radius 1 is 1.09 bits per heavy atom. The van der Waals surface area contributed by atoms with Crippen molar-refractivity contribution >= 4 is 17.9 Å². The van der Waals surface area contributed by atoms with Gasteiger partial charge in [-0.25, -0.2) is 4.79 Å². The fourth-order valence-electron chi connectivity index (χ4n) is 3.42. The Bertz CT molecular complexity index is 866. The predicted molar refractivity (Wildman–Crippen MR) is 132 cm³/mol. The van der Waals surface area contributed by atoms with E-state index in [4.69, 9.17) is 11.2 Å². The summed E-state index contributed by atoms with van der Waals surface area (Å²) < 4.78 is 5.34. The van der Waals surface area contributed by atoms with Crippen molar-refractivity contribution < 1.29 is 24.2 Å². The summed E-state index contributed by atoms with van der Waals surface area (Å²) in [6, 6.07) is 4.63. The summed E-state index contributed by atoms with van der Waals surface area (Å²) >= 11 is 0. The van der Waals surface area contributed by atoms with Crippen molar-refractivity contribution in [3.05, 3.63) is 35.4 Å². The first kappa shape index (κ1) is 29.0. The summed E-state index contributed by atoms with van der Waals surface area (Å²) in [6.07, 6.45) is 5.06. The van der Waals surface area contributed by atoms with Crippen molar-refractivity contribution in [2.45, 2.75) is 78.6 Å². The zero-order valence-corrected chi connectivity index (χ0v) is 21.3. The molecule has 2 atom stereocenters. The van der Waals surface area contributed by atoms with Crippen LogP contribution in [0.5, 0.6) is 0 Å². The molecule has 0 spiro atoms. The molecule has 188 valence electrons. The molecule has 1 rings (SSSR count). The highest BCUT2D eigenvalue weighted by atomic mass is 16.6. The third-order valence-electron chi connectivity index (χ3n) is 4.70. The smallest absolute Gasteiger partial charge is 0.408 e. The Morgan fingerprint density at radius 2 is 1.68 bits per heavy atom. The highest BCUT2D eigenvalue weighted by molar-refractivity contribution is 5.92. The second-order valence-electron chi connectivity index (χ2n) is 9.92. The maximum absolute atomic E-state index is 13.7. The minimum Gasteiger partial charge on any atom is -0.444 e. The van der Waals surface area contributed by atoms with E-state index in [1.807, 2.05) is 27.7 Å². The maximum atomic E-state index is 13.7. The van der Waals surface area contributed by atoms with Crippen LogP contribution >= 0.6 is 0 Å². The number of ether oxygens (including phenoxy) is 1. The van der Waals surface area contributed by atoms with E-state index >= 15 is 0 Å². The molecule has 2 unspecified atom stereocenters. The first-order chi connectivity index (χ1) is 15.8. The molecular formula is C26H39N3O5. The zero-order valence-electron chi connectivity index (χ0n) is 21.3. The standard InChI is InChI=1S/C26H39N3O5/c1-9-19-10-12-20(13-11-19)22(23(31)27-18(4)5)29(14-15-30)24(32)21(16-17(2)3)28-25(33)34-26(6,7)8/h1,10-13,17-18,21-22,30H,14-16H2,2-8H3,(H,27,31)(H,28,33). The van der Waals surface area contributed by atoms with E-state index in [0.29, 0.717) is 17.5 Å². The van der Waals surface area contributed by atoms with Gasteiger partial charge in [0, 0.05) is 18.2 Å². The van der Waals surface area contributed by atoms with Gasteiger partial charge in [0.1, 0.15) is 17.7 Å². The molecule has 0 aliphatic carbocycles. The van der Waals surface area contributed by atoms with Gasteiger partial charge in [-0.2, -0.15) is 0 Å². The summed E-state index contributed by atoms with van der Waals surface area (Å²) in [6.45, 7) is 12.2. The van der Waals surface area contributed by atoms with Gasteiger partial charge >= 0.3 is 6.09 Å². The van der Waals surface area contributed by atoms with Gasteiger partial charge in [0.25, 0.3) is 0 Å². The Morgan fingerprint density at radius 3 is 2.12 bits per heavy atom. The third-order valence-corrected chi connectivity index (χ3v) is 4.70. The van der Waals surface area contributed by atoms with E-state index < -0.39 is 35.6 Å². The van der Waals surface area contributed by atoms with Crippen LogP contribution in [0.25, 0.3) is 0 Å². The molecule has 0 heterocycles. The lowest BCUT2D eigenvalue weighted by molar-refractivity contribution is -0.143. The molecule has 1 aromatic carbocycles. The Kier molecular flexibility index (Phi) is 11.1. The summed E-state index contributed by atoms with van der Waals surface area (Å²) in [4.78, 5) is 40.7. The lowest BCUT2D eigenvalue weighted by Crippen LogP contribution is -2.54. The number of carbonyl (C=O) groups is 3. The van der Waals surface area contributed by atoms with Crippen LogP contribution in [-0.2, 0) is 14.3 Å². The normalized spacial score (nSPS) is 13.1. The number of nitrogens with zero attached hydrogens (tertiary/aromatic N) is 1. The van der Waals surface area contributed by atoms with Crippen LogP contribution in [0.1, 0.15) is 72.1 Å². The van der Waals surface area contributed by atoms with Gasteiger partial charge in [0.15, 0.2) is 0 Å². The van der Waals surface area contributed by atoms with Crippen molar-refractivity contribution in [2.24, 2.45) is 5.92 Å². The van der Waals surface area contributed by atoms with Crippen LogP contribution in [0.15, 0.2) is 24.3 Å². The molecule has 3 N–H and O–H groups in total. The number of nitrogens with one attached hydrogen (secondary N) is 2. The van der Waals surface area contributed by atoms with Gasteiger partial charge in [-0.1, -0.05) is 31.9 Å². The lowest BCUT2D eigenvalue weighted by Gasteiger charge is -2.35. The van der Waals surface area contributed by atoms with E-state index in [1.54, 1.807) is 45.0 Å². The van der Waals surface area contributed by atoms with E-state index in [2.05, 4.69) is 16.6 Å². The van der Waals surface area contributed by atoms with Crippen LogP contribution in [-0.4, -0.2) is 58.8 Å². The molecule has 0 aliphatic rings. The summed E-state index contributed by atoms with van der Waals surface area (Å²) in [7, 11) is 0. The maximum Gasteiger partial charge on any atom is 0.408 e. The number of amides is 3. The van der Waals surface area contributed by atoms with Gasteiger partial charge < -0.3 is 25.4 Å². The van der Waals surface area contributed by atoms with Crippen LogP contribution in [0, 0.1) is 18.3 Å². The van der Waals surface area contributed by atoms with Crippen LogP contribution in [0.2, 0.25) is 0 Å². The third kappa shape index (κ3) is 9.44. The van der Waals surface area contributed by atoms with Crippen LogP contribution in [0.4, 0.5) is 4.79 Å². The highest BCUT2D eigenvalue weighted by Crippen LogP contribution is 2.24. The first-order valence-corrected chi connectivity index (χ1v) is 11.6. The van der Waals surface area contributed by atoms with Gasteiger partial charge in [-0.15, -0.1) is 6.42 Å². The quantitative estimate of drug-likeness (QED) is 0.453. The van der Waals surface area contributed by atoms with Gasteiger partial charge in [-0.05, 0) is 64.7 Å². The van der Waals surface area contributed by atoms with Crippen LogP contribution < -0.4 is 10.6 Å². The lowest BCUT2D eigenvalue weighted by atomic mass is 9.98.